The number of carbonyl (C=O) groups excluding carboxylic acids is 1. The lowest BCUT2D eigenvalue weighted by Crippen LogP contribution is -2.23. The van der Waals surface area contributed by atoms with Crippen molar-refractivity contribution in [1.29, 1.82) is 0 Å². The smallest absolute Gasteiger partial charge is 0.273 e. The van der Waals surface area contributed by atoms with Crippen molar-refractivity contribution in [1.82, 2.24) is 15.6 Å². The largest absolute Gasteiger partial charge is 0.497 e. The van der Waals surface area contributed by atoms with Gasteiger partial charge in [0.2, 0.25) is 0 Å². The van der Waals surface area contributed by atoms with Crippen molar-refractivity contribution in [2.24, 2.45) is 0 Å². The van der Waals surface area contributed by atoms with Crippen molar-refractivity contribution in [2.75, 3.05) is 7.11 Å². The predicted octanol–water partition coefficient (Wildman–Crippen LogP) is 3.39. The molecule has 0 bridgehead atoms. The third-order valence-corrected chi connectivity index (χ3v) is 3.67. The third kappa shape index (κ3) is 3.88. The first-order valence-corrected chi connectivity index (χ1v) is 7.91. The first kappa shape index (κ1) is 16.8. The summed E-state index contributed by atoms with van der Waals surface area (Å²) in [7, 11) is 1.61. The van der Waals surface area contributed by atoms with Crippen LogP contribution >= 0.6 is 0 Å². The van der Waals surface area contributed by atoms with E-state index in [9.17, 15) is 4.79 Å². The van der Waals surface area contributed by atoms with Gasteiger partial charge in [0.25, 0.3) is 5.91 Å². The molecule has 7 heteroatoms. The molecular formula is C18H19N3O4. The lowest BCUT2D eigenvalue weighted by Gasteiger charge is -2.00. The number of benzene rings is 1. The van der Waals surface area contributed by atoms with Gasteiger partial charge in [-0.05, 0) is 12.1 Å². The SMILES string of the molecule is COc1cccc(-c2cc(CNC(=O)c3cc(C(C)C)on3)no2)c1. The van der Waals surface area contributed by atoms with Crippen molar-refractivity contribution < 1.29 is 18.6 Å². The van der Waals surface area contributed by atoms with Gasteiger partial charge in [-0.25, -0.2) is 0 Å². The Hall–Kier alpha value is -3.09. The van der Waals surface area contributed by atoms with E-state index in [1.54, 1.807) is 19.2 Å². The minimum absolute atomic E-state index is 0.176. The summed E-state index contributed by atoms with van der Waals surface area (Å²) < 4.78 is 15.7. The summed E-state index contributed by atoms with van der Waals surface area (Å²) in [6.07, 6.45) is 0. The molecule has 0 saturated heterocycles. The molecule has 3 rings (SSSR count). The van der Waals surface area contributed by atoms with Gasteiger partial charge in [-0.1, -0.05) is 36.3 Å². The van der Waals surface area contributed by atoms with Crippen LogP contribution in [0.15, 0.2) is 45.4 Å². The van der Waals surface area contributed by atoms with Crippen LogP contribution in [0.3, 0.4) is 0 Å². The summed E-state index contributed by atoms with van der Waals surface area (Å²) in [4.78, 5) is 12.1. The Morgan fingerprint density at radius 1 is 1.20 bits per heavy atom. The Balaban J connectivity index is 1.64. The van der Waals surface area contributed by atoms with Crippen LogP contribution in [0, 0.1) is 0 Å². The highest BCUT2D eigenvalue weighted by atomic mass is 16.5. The zero-order valence-electron chi connectivity index (χ0n) is 14.3. The van der Waals surface area contributed by atoms with Crippen molar-refractivity contribution in [3.63, 3.8) is 0 Å². The van der Waals surface area contributed by atoms with Crippen LogP contribution in [0.1, 0.15) is 41.7 Å². The Bertz CT molecular complexity index is 867. The minimum atomic E-state index is -0.318. The second-order valence-corrected chi connectivity index (χ2v) is 5.87. The van der Waals surface area contributed by atoms with E-state index in [4.69, 9.17) is 13.8 Å². The highest BCUT2D eigenvalue weighted by Gasteiger charge is 2.15. The van der Waals surface area contributed by atoms with Gasteiger partial charge in [0.05, 0.1) is 13.7 Å². The molecule has 1 aromatic carbocycles. The summed E-state index contributed by atoms with van der Waals surface area (Å²) in [5, 5.41) is 10.5. The highest BCUT2D eigenvalue weighted by molar-refractivity contribution is 5.92. The first-order valence-electron chi connectivity index (χ1n) is 7.91. The van der Waals surface area contributed by atoms with Gasteiger partial charge < -0.3 is 19.1 Å². The molecule has 0 atom stereocenters. The van der Waals surface area contributed by atoms with Gasteiger partial charge in [0.15, 0.2) is 11.5 Å². The molecule has 0 spiro atoms. The molecule has 0 aliphatic rings. The Morgan fingerprint density at radius 2 is 2.04 bits per heavy atom. The van der Waals surface area contributed by atoms with Crippen LogP contribution in [0.2, 0.25) is 0 Å². The topological polar surface area (TPSA) is 90.4 Å². The highest BCUT2D eigenvalue weighted by Crippen LogP contribution is 2.24. The zero-order valence-corrected chi connectivity index (χ0v) is 14.3. The average Bonchev–Trinajstić information content (AvgIpc) is 3.29. The third-order valence-electron chi connectivity index (χ3n) is 3.67. The molecule has 1 N–H and O–H groups in total. The van der Waals surface area contributed by atoms with Crippen LogP contribution in [0.25, 0.3) is 11.3 Å². The second kappa shape index (κ2) is 7.21. The monoisotopic (exact) mass is 341 g/mol. The van der Waals surface area contributed by atoms with Gasteiger partial charge in [-0.15, -0.1) is 0 Å². The summed E-state index contributed by atoms with van der Waals surface area (Å²) >= 11 is 0. The molecule has 2 heterocycles. The van der Waals surface area contributed by atoms with E-state index in [0.29, 0.717) is 17.2 Å². The first-order chi connectivity index (χ1) is 12.1. The maximum Gasteiger partial charge on any atom is 0.273 e. The van der Waals surface area contributed by atoms with E-state index in [2.05, 4.69) is 15.6 Å². The van der Waals surface area contributed by atoms with Gasteiger partial charge in [-0.2, -0.15) is 0 Å². The second-order valence-electron chi connectivity index (χ2n) is 5.87. The predicted molar refractivity (Wildman–Crippen MR) is 90.3 cm³/mol. The molecule has 0 unspecified atom stereocenters. The lowest BCUT2D eigenvalue weighted by molar-refractivity contribution is 0.0941. The van der Waals surface area contributed by atoms with Crippen LogP contribution in [-0.2, 0) is 6.54 Å². The van der Waals surface area contributed by atoms with Crippen molar-refractivity contribution in [3.8, 4) is 17.1 Å². The Labute approximate surface area is 144 Å². The summed E-state index contributed by atoms with van der Waals surface area (Å²) in [6.45, 7) is 4.17. The van der Waals surface area contributed by atoms with Crippen molar-refractivity contribution in [3.05, 3.63) is 53.5 Å². The summed E-state index contributed by atoms with van der Waals surface area (Å²) in [5.74, 6) is 1.87. The summed E-state index contributed by atoms with van der Waals surface area (Å²) in [5.41, 5.74) is 1.71. The number of nitrogens with one attached hydrogen (secondary N) is 1. The maximum atomic E-state index is 12.1. The molecule has 25 heavy (non-hydrogen) atoms. The molecule has 0 aliphatic carbocycles. The Morgan fingerprint density at radius 3 is 2.76 bits per heavy atom. The molecule has 0 fully saturated rings. The van der Waals surface area contributed by atoms with E-state index in [0.717, 1.165) is 11.3 Å². The van der Waals surface area contributed by atoms with E-state index in [1.165, 1.54) is 0 Å². The molecule has 1 amide bonds. The summed E-state index contributed by atoms with van der Waals surface area (Å²) in [6, 6.07) is 10.9. The number of methoxy groups -OCH3 is 1. The number of carbonyl (C=O) groups is 1. The van der Waals surface area contributed by atoms with Gasteiger partial charge in [0, 0.05) is 23.6 Å². The number of aromatic nitrogens is 2. The number of hydrogen-bond acceptors (Lipinski definition) is 6. The van der Waals surface area contributed by atoms with Crippen LogP contribution in [0.5, 0.6) is 5.75 Å². The zero-order chi connectivity index (χ0) is 17.8. The molecule has 7 nitrogen and oxygen atoms in total. The molecule has 3 aromatic rings. The molecular weight excluding hydrogens is 322 g/mol. The lowest BCUT2D eigenvalue weighted by atomic mass is 10.1. The van der Waals surface area contributed by atoms with Crippen LogP contribution in [-0.4, -0.2) is 23.3 Å². The fraction of sp³-hybridized carbons (Fsp3) is 0.278. The fourth-order valence-corrected chi connectivity index (χ4v) is 2.24. The van der Waals surface area contributed by atoms with E-state index < -0.39 is 0 Å². The number of nitrogens with zero attached hydrogens (tertiary/aromatic N) is 2. The number of rotatable bonds is 6. The van der Waals surface area contributed by atoms with Gasteiger partial charge in [-0.3, -0.25) is 4.79 Å². The fourth-order valence-electron chi connectivity index (χ4n) is 2.24. The molecule has 0 saturated carbocycles. The number of ether oxygens (including phenoxy) is 1. The van der Waals surface area contributed by atoms with E-state index in [1.807, 2.05) is 38.1 Å². The standard InChI is InChI=1S/C18H19N3O4/c1-11(2)16-9-15(21-24-16)18(22)19-10-13-8-17(25-20-13)12-5-4-6-14(7-12)23-3/h4-9,11H,10H2,1-3H3,(H,19,22). The number of amides is 1. The van der Waals surface area contributed by atoms with Gasteiger partial charge in [0.1, 0.15) is 17.2 Å². The molecule has 0 aliphatic heterocycles. The van der Waals surface area contributed by atoms with E-state index >= 15 is 0 Å². The Kier molecular flexibility index (Phi) is 4.83. The molecule has 2 aromatic heterocycles. The average molecular weight is 341 g/mol. The normalized spacial score (nSPS) is 10.9. The molecule has 130 valence electrons. The quantitative estimate of drug-likeness (QED) is 0.739. The minimum Gasteiger partial charge on any atom is -0.497 e. The van der Waals surface area contributed by atoms with Crippen molar-refractivity contribution in [2.45, 2.75) is 26.3 Å². The van der Waals surface area contributed by atoms with Gasteiger partial charge >= 0.3 is 0 Å². The maximum absolute atomic E-state index is 12.1. The van der Waals surface area contributed by atoms with E-state index in [-0.39, 0.29) is 24.1 Å². The number of hydrogen-bond donors (Lipinski definition) is 1. The van der Waals surface area contributed by atoms with Crippen LogP contribution < -0.4 is 10.1 Å². The van der Waals surface area contributed by atoms with Crippen molar-refractivity contribution >= 4 is 5.91 Å². The van der Waals surface area contributed by atoms with Crippen LogP contribution in [0.4, 0.5) is 0 Å². The molecule has 0 radical (unpaired) electrons.